The van der Waals surface area contributed by atoms with Crippen LogP contribution in [0.4, 0.5) is 0 Å². The number of hydrogen-bond donors (Lipinski definition) is 0. The second-order valence-electron chi connectivity index (χ2n) is 11.3. The third-order valence-corrected chi connectivity index (χ3v) is 8.62. The number of benzene rings is 10. The number of rotatable bonds is 3. The molecule has 0 bridgehead atoms. The van der Waals surface area contributed by atoms with Crippen LogP contribution >= 0.6 is 0 Å². The first-order chi connectivity index (χ1) is 37.8. The van der Waals surface area contributed by atoms with Gasteiger partial charge >= 0.3 is 0 Å². The maximum absolute atomic E-state index is 9.77. The summed E-state index contributed by atoms with van der Waals surface area (Å²) in [6.07, 6.45) is 0. The Balaban J connectivity index is 1.40. The summed E-state index contributed by atoms with van der Waals surface area (Å²) in [6, 6.07) is -28.3. The van der Waals surface area contributed by atoms with Gasteiger partial charge in [0.15, 0.2) is 0 Å². The molecule has 0 aliphatic heterocycles. The summed E-state index contributed by atoms with van der Waals surface area (Å²) in [5, 5.41) is -7.57. The van der Waals surface area contributed by atoms with Crippen LogP contribution < -0.4 is 0 Å². The van der Waals surface area contributed by atoms with Crippen LogP contribution in [0.3, 0.4) is 0 Å². The minimum absolute atomic E-state index is 0.476. The van der Waals surface area contributed by atoms with E-state index < -0.39 is 290 Å². The number of fused-ring (bicyclic) bond motifs is 10. The predicted molar refractivity (Wildman–Crippen MR) is 218 cm³/mol. The first-order valence-electron chi connectivity index (χ1n) is 30.2. The van der Waals surface area contributed by atoms with Gasteiger partial charge in [-0.15, -0.1) is 0 Å². The van der Waals surface area contributed by atoms with E-state index in [4.69, 9.17) is 30.5 Å². The van der Waals surface area contributed by atoms with Crippen LogP contribution in [0.2, 0.25) is 0 Å². The molecule has 1 nitrogen and oxygen atoms in total. The molecule has 0 fully saturated rings. The molecule has 0 radical (unpaired) electrons. The SMILES string of the molecule is [2H]c1c([2H])c(-c2c([2H])c3c([2H])c([2H])c([2H])c([2H])c3c3c([2H])c([2H])c([2H])c([2H])c23)c([2H])c([2H])c1-c1c2c([2H])c([2H])c([2H])c([2H])c2c(-c2c([2H])c([2H])c([2H])c3oc4c5c([2H])c([2H])c([2H])c([2H])c5c([2H])c([2H])c4c23)c2c([2H])c([2H])c([2H])c([2H])c12. The Morgan fingerprint density at radius 2 is 0.882 bits per heavy atom. The van der Waals surface area contributed by atoms with Gasteiger partial charge in [-0.05, 0) is 100.0 Å². The summed E-state index contributed by atoms with van der Waals surface area (Å²) in [6.45, 7) is 0. The van der Waals surface area contributed by atoms with E-state index >= 15 is 0 Å². The zero-order valence-electron chi connectivity index (χ0n) is 55.4. The highest BCUT2D eigenvalue weighted by Crippen LogP contribution is 2.48. The Labute approximate surface area is 336 Å². The lowest BCUT2D eigenvalue weighted by molar-refractivity contribution is 0.673. The molecule has 0 N–H and O–H groups in total. The van der Waals surface area contributed by atoms with Gasteiger partial charge in [-0.2, -0.15) is 0 Å². The molecule has 11 rings (SSSR count). The molecule has 0 atom stereocenters. The van der Waals surface area contributed by atoms with Crippen LogP contribution in [-0.4, -0.2) is 0 Å². The Bertz CT molecular complexity index is 4820. The number of hydrogen-bond acceptors (Lipinski definition) is 1. The minimum Gasteiger partial charge on any atom is -0.455 e. The Morgan fingerprint density at radius 3 is 1.59 bits per heavy atom. The van der Waals surface area contributed by atoms with E-state index in [9.17, 15) is 15.1 Å². The largest absolute Gasteiger partial charge is 0.455 e. The van der Waals surface area contributed by atoms with Crippen LogP contribution in [0.15, 0.2) is 186 Å². The van der Waals surface area contributed by atoms with Gasteiger partial charge in [0.1, 0.15) is 11.2 Å². The van der Waals surface area contributed by atoms with Crippen LogP contribution in [0.5, 0.6) is 0 Å². The molecule has 0 unspecified atom stereocenters. The van der Waals surface area contributed by atoms with Gasteiger partial charge in [-0.1, -0.05) is 163 Å². The number of furan rings is 1. The van der Waals surface area contributed by atoms with Gasteiger partial charge < -0.3 is 4.42 Å². The van der Waals surface area contributed by atoms with Crippen LogP contribution in [0, 0.1) is 0 Å². The van der Waals surface area contributed by atoms with Crippen molar-refractivity contribution in [2.45, 2.75) is 0 Å². The highest BCUT2D eigenvalue weighted by Gasteiger charge is 2.21. The van der Waals surface area contributed by atoms with Crippen molar-refractivity contribution in [3.05, 3.63) is 181 Å². The predicted octanol–water partition coefficient (Wildman–Crippen LogP) is 14.4. The molecular weight excluding hydrogens is 617 g/mol. The molecule has 0 amide bonds. The summed E-state index contributed by atoms with van der Waals surface area (Å²) in [5.74, 6) is 0. The maximum atomic E-state index is 9.77. The van der Waals surface area contributed by atoms with Gasteiger partial charge in [0, 0.05) is 16.2 Å². The molecule has 10 aromatic carbocycles. The van der Waals surface area contributed by atoms with Gasteiger partial charge in [0.25, 0.3) is 0 Å². The lowest BCUT2D eigenvalue weighted by Crippen LogP contribution is -1.91. The summed E-state index contributed by atoms with van der Waals surface area (Å²) < 4.78 is 279. The summed E-state index contributed by atoms with van der Waals surface area (Å²) >= 11 is 0. The van der Waals surface area contributed by atoms with E-state index in [0.717, 1.165) is 0 Å². The Kier molecular flexibility index (Phi) is 2.50. The Morgan fingerprint density at radius 1 is 0.333 bits per heavy atom. The lowest BCUT2D eigenvalue weighted by atomic mass is 9.84. The van der Waals surface area contributed by atoms with Crippen molar-refractivity contribution in [2.24, 2.45) is 0 Å². The average molecular weight is 677 g/mol. The quantitative estimate of drug-likeness (QED) is 0.134. The average Bonchev–Trinajstić information content (AvgIpc) is 4.10. The third-order valence-electron chi connectivity index (χ3n) is 8.62. The molecule has 51 heavy (non-hydrogen) atoms. The highest BCUT2D eigenvalue weighted by atomic mass is 16.3. The molecule has 236 valence electrons. The van der Waals surface area contributed by atoms with Gasteiger partial charge in [-0.3, -0.25) is 0 Å². The maximum Gasteiger partial charge on any atom is 0.143 e. The minimum atomic E-state index is -1.15. The molecule has 0 aliphatic carbocycles. The van der Waals surface area contributed by atoms with E-state index in [1.165, 1.54) is 0 Å². The molecule has 0 saturated heterocycles. The highest BCUT2D eigenvalue weighted by molar-refractivity contribution is 6.27. The summed E-state index contributed by atoms with van der Waals surface area (Å²) in [7, 11) is 0. The van der Waals surface area contributed by atoms with Gasteiger partial charge in [-0.25, -0.2) is 0 Å². The summed E-state index contributed by atoms with van der Waals surface area (Å²) in [4.78, 5) is 0. The van der Waals surface area contributed by atoms with Crippen molar-refractivity contribution >= 4 is 75.8 Å². The van der Waals surface area contributed by atoms with Crippen molar-refractivity contribution < 1.29 is 45.5 Å². The normalized spacial score (nSPS) is 20.2. The van der Waals surface area contributed by atoms with Gasteiger partial charge in [0.05, 0.1) is 41.1 Å². The van der Waals surface area contributed by atoms with Crippen molar-refractivity contribution in [1.29, 1.82) is 0 Å². The standard InChI is InChI=1S/C50H30O/c1-4-15-36-31(12-1)28-29-44-49-43(22-11-23-46(49)51-50(36)44)48-41-20-9-7-18-39(41)47(40-19-8-10-21-42(40)48)33-26-24-32(25-27-33)45-30-34-13-2-3-14-35(34)37-16-5-6-17-38(37)45/h1-30H/i1D,2D,3D,4D,5D,6D,7D,8D,9D,10D,11D,12D,13D,14D,15D,16D,17D,18D,19D,20D,21D,22D,23D,24D,25D,26D,27D,28D,29D,30D. The molecule has 1 aromatic heterocycles. The first-order valence-corrected chi connectivity index (χ1v) is 15.2. The van der Waals surface area contributed by atoms with Gasteiger partial charge in [0.2, 0.25) is 0 Å². The van der Waals surface area contributed by atoms with Crippen molar-refractivity contribution in [3.63, 3.8) is 0 Å². The topological polar surface area (TPSA) is 13.1 Å². The van der Waals surface area contributed by atoms with E-state index in [1.54, 1.807) is 0 Å². The molecule has 0 spiro atoms. The van der Waals surface area contributed by atoms with E-state index in [-0.39, 0.29) is 0 Å². The molecule has 0 aliphatic rings. The monoisotopic (exact) mass is 676 g/mol. The van der Waals surface area contributed by atoms with E-state index in [0.29, 0.717) is 0 Å². The molecular formula is C50H30O. The van der Waals surface area contributed by atoms with Crippen molar-refractivity contribution in [2.75, 3.05) is 0 Å². The first kappa shape index (κ1) is 11.7. The Hall–Kier alpha value is -6.70. The second-order valence-corrected chi connectivity index (χ2v) is 11.3. The van der Waals surface area contributed by atoms with Crippen LogP contribution in [0.25, 0.3) is 109 Å². The fourth-order valence-electron chi connectivity index (χ4n) is 6.50. The van der Waals surface area contributed by atoms with Crippen LogP contribution in [-0.2, 0) is 0 Å². The molecule has 1 heterocycles. The fraction of sp³-hybridized carbons (Fsp3) is 0. The molecule has 1 heteroatoms. The fourth-order valence-corrected chi connectivity index (χ4v) is 6.50. The second kappa shape index (κ2) is 10.9. The van der Waals surface area contributed by atoms with Crippen molar-refractivity contribution in [1.82, 2.24) is 0 Å². The molecule has 0 saturated carbocycles. The zero-order chi connectivity index (χ0) is 59.6. The molecule has 11 aromatic rings. The smallest absolute Gasteiger partial charge is 0.143 e. The third kappa shape index (κ3) is 4.16. The zero-order valence-corrected chi connectivity index (χ0v) is 25.4. The summed E-state index contributed by atoms with van der Waals surface area (Å²) in [5.41, 5.74) is -6.03. The van der Waals surface area contributed by atoms with E-state index in [2.05, 4.69) is 0 Å². The van der Waals surface area contributed by atoms with Crippen molar-refractivity contribution in [3.8, 4) is 33.4 Å². The van der Waals surface area contributed by atoms with Crippen LogP contribution in [0.1, 0.15) is 41.1 Å². The van der Waals surface area contributed by atoms with E-state index in [1.807, 2.05) is 0 Å². The lowest BCUT2D eigenvalue weighted by Gasteiger charge is -2.18.